The van der Waals surface area contributed by atoms with Gasteiger partial charge >= 0.3 is 0 Å². The van der Waals surface area contributed by atoms with Crippen LogP contribution in [0.25, 0.3) is 10.7 Å². The zero-order valence-electron chi connectivity index (χ0n) is 16.4. The summed E-state index contributed by atoms with van der Waals surface area (Å²) in [7, 11) is 0. The highest BCUT2D eigenvalue weighted by Crippen LogP contribution is 2.30. The van der Waals surface area contributed by atoms with Gasteiger partial charge in [-0.1, -0.05) is 12.1 Å². The summed E-state index contributed by atoms with van der Waals surface area (Å²) in [5.41, 5.74) is 3.63. The van der Waals surface area contributed by atoms with Crippen molar-refractivity contribution < 1.29 is 9.47 Å². The normalized spacial score (nSPS) is 13.9. The predicted molar refractivity (Wildman–Crippen MR) is 112 cm³/mol. The van der Waals surface area contributed by atoms with Crippen molar-refractivity contribution in [1.29, 1.82) is 0 Å². The van der Waals surface area contributed by atoms with Gasteiger partial charge in [0.15, 0.2) is 17.3 Å². The maximum absolute atomic E-state index is 5.76. The monoisotopic (exact) mass is 395 g/mol. The van der Waals surface area contributed by atoms with Crippen molar-refractivity contribution in [3.8, 4) is 22.2 Å². The number of hydrogen-bond donors (Lipinski definition) is 0. The van der Waals surface area contributed by atoms with Crippen LogP contribution in [0, 0.1) is 0 Å². The fourth-order valence-electron chi connectivity index (χ4n) is 3.49. The lowest BCUT2D eigenvalue weighted by Gasteiger charge is -2.28. The topological polar surface area (TPSA) is 47.5 Å². The smallest absolute Gasteiger partial charge is 0.169 e. The number of fused-ring (bicyclic) bond motifs is 1. The summed E-state index contributed by atoms with van der Waals surface area (Å²) >= 11 is 1.68. The van der Waals surface area contributed by atoms with Gasteiger partial charge in [0.2, 0.25) is 0 Å². The minimum absolute atomic E-state index is 0.629. The summed E-state index contributed by atoms with van der Waals surface area (Å²) in [6.45, 7) is 7.98. The number of nitrogens with zero attached hydrogens (tertiary/aromatic N) is 3. The maximum atomic E-state index is 5.76. The molecule has 0 N–H and O–H groups in total. The molecule has 0 fully saturated rings. The summed E-state index contributed by atoms with van der Waals surface area (Å²) in [6, 6.07) is 10.3. The molecule has 0 atom stereocenters. The quantitative estimate of drug-likeness (QED) is 0.587. The second-order valence-electron chi connectivity index (χ2n) is 6.75. The molecule has 1 aliphatic heterocycles. The average Bonchev–Trinajstić information content (AvgIpc) is 3.25. The standard InChI is InChI=1S/C22H25N3O2S/c1-3-26-19-8-7-16(12-20(19)27-4-2)14-25-10-9-18-17(15-25)13-23-22(24-18)21-6-5-11-28-21/h5-8,11-13H,3-4,9-10,14-15H2,1-2H3. The van der Waals surface area contributed by atoms with Crippen LogP contribution in [0.5, 0.6) is 11.5 Å². The van der Waals surface area contributed by atoms with Gasteiger partial charge in [-0.05, 0) is 43.0 Å². The van der Waals surface area contributed by atoms with Crippen molar-refractivity contribution >= 4 is 11.3 Å². The first-order valence-electron chi connectivity index (χ1n) is 9.76. The Kier molecular flexibility index (Phi) is 5.88. The third-order valence-corrected chi connectivity index (χ3v) is 5.63. The molecular weight excluding hydrogens is 370 g/mol. The molecule has 4 rings (SSSR count). The van der Waals surface area contributed by atoms with Crippen LogP contribution >= 0.6 is 11.3 Å². The lowest BCUT2D eigenvalue weighted by Crippen LogP contribution is -2.31. The highest BCUT2D eigenvalue weighted by atomic mass is 32.1. The lowest BCUT2D eigenvalue weighted by atomic mass is 10.1. The van der Waals surface area contributed by atoms with Crippen LogP contribution in [0.15, 0.2) is 41.9 Å². The molecule has 5 nitrogen and oxygen atoms in total. The molecule has 2 aromatic heterocycles. The van der Waals surface area contributed by atoms with Crippen molar-refractivity contribution in [3.63, 3.8) is 0 Å². The van der Waals surface area contributed by atoms with Gasteiger partial charge in [-0.2, -0.15) is 0 Å². The third-order valence-electron chi connectivity index (χ3n) is 4.77. The molecule has 0 saturated carbocycles. The van der Waals surface area contributed by atoms with Crippen LogP contribution in [0.3, 0.4) is 0 Å². The number of rotatable bonds is 7. The molecule has 0 spiro atoms. The number of aromatic nitrogens is 2. The Morgan fingerprint density at radius 3 is 2.75 bits per heavy atom. The fourth-order valence-corrected chi connectivity index (χ4v) is 4.15. The Labute approximate surface area is 170 Å². The first kappa shape index (κ1) is 18.9. The molecular formula is C22H25N3O2S. The fraction of sp³-hybridized carbons (Fsp3) is 0.364. The average molecular weight is 396 g/mol. The van der Waals surface area contributed by atoms with Crippen LogP contribution in [0.2, 0.25) is 0 Å². The van der Waals surface area contributed by atoms with Crippen LogP contribution in [-0.2, 0) is 19.5 Å². The summed E-state index contributed by atoms with van der Waals surface area (Å²) in [5, 5.41) is 2.06. The first-order valence-corrected chi connectivity index (χ1v) is 10.6. The summed E-state index contributed by atoms with van der Waals surface area (Å²) in [5.74, 6) is 2.48. The van der Waals surface area contributed by atoms with Crippen molar-refractivity contribution in [3.05, 3.63) is 58.7 Å². The van der Waals surface area contributed by atoms with E-state index in [1.54, 1.807) is 11.3 Å². The minimum Gasteiger partial charge on any atom is -0.490 e. The Morgan fingerprint density at radius 1 is 1.11 bits per heavy atom. The van der Waals surface area contributed by atoms with E-state index in [-0.39, 0.29) is 0 Å². The van der Waals surface area contributed by atoms with E-state index < -0.39 is 0 Å². The van der Waals surface area contributed by atoms with Gasteiger partial charge in [-0.3, -0.25) is 4.90 Å². The van der Waals surface area contributed by atoms with Gasteiger partial charge in [0.25, 0.3) is 0 Å². The van der Waals surface area contributed by atoms with E-state index >= 15 is 0 Å². The Morgan fingerprint density at radius 2 is 1.96 bits per heavy atom. The second kappa shape index (κ2) is 8.71. The third kappa shape index (κ3) is 4.18. The van der Waals surface area contributed by atoms with E-state index in [0.717, 1.165) is 48.3 Å². The van der Waals surface area contributed by atoms with Crippen LogP contribution in [0.4, 0.5) is 0 Å². The molecule has 3 heterocycles. The van der Waals surface area contributed by atoms with E-state index in [1.165, 1.54) is 16.8 Å². The van der Waals surface area contributed by atoms with Gasteiger partial charge in [0, 0.05) is 37.8 Å². The van der Waals surface area contributed by atoms with E-state index in [1.807, 2.05) is 32.2 Å². The Balaban J connectivity index is 1.47. The maximum Gasteiger partial charge on any atom is 0.169 e. The molecule has 6 heteroatoms. The van der Waals surface area contributed by atoms with Gasteiger partial charge in [0.05, 0.1) is 23.8 Å². The van der Waals surface area contributed by atoms with E-state index in [9.17, 15) is 0 Å². The number of ether oxygens (including phenoxy) is 2. The van der Waals surface area contributed by atoms with Crippen molar-refractivity contribution in [2.75, 3.05) is 19.8 Å². The van der Waals surface area contributed by atoms with Gasteiger partial charge < -0.3 is 9.47 Å². The highest BCUT2D eigenvalue weighted by molar-refractivity contribution is 7.13. The zero-order chi connectivity index (χ0) is 19.3. The van der Waals surface area contributed by atoms with Crippen LogP contribution in [0.1, 0.15) is 30.7 Å². The van der Waals surface area contributed by atoms with Crippen molar-refractivity contribution in [2.24, 2.45) is 0 Å². The Bertz CT molecular complexity index is 928. The Hall–Kier alpha value is -2.44. The molecule has 0 aliphatic carbocycles. The summed E-state index contributed by atoms with van der Waals surface area (Å²) in [4.78, 5) is 12.9. The van der Waals surface area contributed by atoms with Gasteiger partial charge in [0.1, 0.15) is 0 Å². The lowest BCUT2D eigenvalue weighted by molar-refractivity contribution is 0.241. The number of thiophene rings is 1. The van der Waals surface area contributed by atoms with Gasteiger partial charge in [-0.15, -0.1) is 11.3 Å². The molecule has 146 valence electrons. The summed E-state index contributed by atoms with van der Waals surface area (Å²) in [6.07, 6.45) is 2.94. The molecule has 0 bridgehead atoms. The first-order chi connectivity index (χ1) is 13.8. The molecule has 0 saturated heterocycles. The molecule has 28 heavy (non-hydrogen) atoms. The van der Waals surface area contributed by atoms with Crippen LogP contribution in [-0.4, -0.2) is 34.6 Å². The molecule has 0 amide bonds. The number of hydrogen-bond acceptors (Lipinski definition) is 6. The largest absolute Gasteiger partial charge is 0.490 e. The molecule has 0 unspecified atom stereocenters. The van der Waals surface area contributed by atoms with Crippen LogP contribution < -0.4 is 9.47 Å². The van der Waals surface area contributed by atoms with E-state index in [2.05, 4.69) is 33.5 Å². The molecule has 0 radical (unpaired) electrons. The highest BCUT2D eigenvalue weighted by Gasteiger charge is 2.19. The number of benzene rings is 1. The SMILES string of the molecule is CCOc1ccc(CN2CCc3nc(-c4cccs4)ncc3C2)cc1OCC. The van der Waals surface area contributed by atoms with E-state index in [4.69, 9.17) is 14.5 Å². The molecule has 1 aliphatic rings. The molecule has 3 aromatic rings. The zero-order valence-corrected chi connectivity index (χ0v) is 17.2. The minimum atomic E-state index is 0.629. The summed E-state index contributed by atoms with van der Waals surface area (Å²) < 4.78 is 11.4. The van der Waals surface area contributed by atoms with Crippen molar-refractivity contribution in [1.82, 2.24) is 14.9 Å². The van der Waals surface area contributed by atoms with E-state index in [0.29, 0.717) is 13.2 Å². The predicted octanol–water partition coefficient (Wildman–Crippen LogP) is 4.56. The van der Waals surface area contributed by atoms with Crippen molar-refractivity contribution in [2.45, 2.75) is 33.4 Å². The second-order valence-corrected chi connectivity index (χ2v) is 7.70. The molecule has 1 aromatic carbocycles. The van der Waals surface area contributed by atoms with Gasteiger partial charge in [-0.25, -0.2) is 9.97 Å².